The van der Waals surface area contributed by atoms with Gasteiger partial charge in [-0.3, -0.25) is 4.79 Å². The molecule has 0 N–H and O–H groups in total. The minimum absolute atomic E-state index is 0.123. The van der Waals surface area contributed by atoms with Crippen LogP contribution in [0, 0.1) is 5.92 Å². The number of amides is 1. The molecule has 7 rings (SSSR count). The molecule has 2 heterocycles. The maximum atomic E-state index is 14.1. The number of hydrazone groups is 1. The summed E-state index contributed by atoms with van der Waals surface area (Å²) in [5, 5.41) is 6.77. The fourth-order valence-corrected chi connectivity index (χ4v) is 6.48. The molecule has 0 unspecified atom stereocenters. The van der Waals surface area contributed by atoms with Crippen LogP contribution in [0.25, 0.3) is 28.9 Å². The zero-order chi connectivity index (χ0) is 29.3. The Kier molecular flexibility index (Phi) is 7.68. The summed E-state index contributed by atoms with van der Waals surface area (Å²) in [5.74, 6) is 1.22. The Morgan fingerprint density at radius 2 is 1.53 bits per heavy atom. The van der Waals surface area contributed by atoms with Crippen LogP contribution in [-0.4, -0.2) is 21.6 Å². The molecule has 212 valence electrons. The van der Waals surface area contributed by atoms with Crippen molar-refractivity contribution in [1.29, 1.82) is 0 Å². The molecule has 0 spiro atoms. The summed E-state index contributed by atoms with van der Waals surface area (Å²) in [6.45, 7) is 0. The quantitative estimate of drug-likeness (QED) is 0.184. The molecule has 1 aromatic heterocycles. The SMILES string of the molecule is O=C(c1ccc(-c2ncc(-c3ccccc3)o2)cc1)N1N=C2/C(=C\c3ccc(Br)cc3)CCC[C@H]2[C@@H]1c1ccc(Br)cc1. The fraction of sp³-hybridized carbons (Fsp3) is 0.139. The van der Waals surface area contributed by atoms with E-state index in [0.29, 0.717) is 17.2 Å². The number of hydrogen-bond donors (Lipinski definition) is 0. The predicted molar refractivity (Wildman–Crippen MR) is 177 cm³/mol. The molecule has 1 aliphatic carbocycles. The van der Waals surface area contributed by atoms with E-state index in [4.69, 9.17) is 9.52 Å². The summed E-state index contributed by atoms with van der Waals surface area (Å²) >= 11 is 7.09. The van der Waals surface area contributed by atoms with Crippen molar-refractivity contribution in [2.75, 3.05) is 0 Å². The van der Waals surface area contributed by atoms with Crippen molar-refractivity contribution in [2.24, 2.45) is 11.0 Å². The van der Waals surface area contributed by atoms with E-state index in [0.717, 1.165) is 56.2 Å². The van der Waals surface area contributed by atoms with Crippen molar-refractivity contribution in [3.8, 4) is 22.8 Å². The van der Waals surface area contributed by atoms with E-state index in [9.17, 15) is 4.79 Å². The van der Waals surface area contributed by atoms with E-state index in [1.165, 1.54) is 5.57 Å². The van der Waals surface area contributed by atoms with Gasteiger partial charge >= 0.3 is 0 Å². The van der Waals surface area contributed by atoms with Gasteiger partial charge in [-0.25, -0.2) is 9.99 Å². The lowest BCUT2D eigenvalue weighted by Gasteiger charge is -2.29. The van der Waals surface area contributed by atoms with Gasteiger partial charge in [0.15, 0.2) is 5.76 Å². The third-order valence-corrected chi connectivity index (χ3v) is 9.13. The van der Waals surface area contributed by atoms with Crippen LogP contribution in [0.3, 0.4) is 0 Å². The Bertz CT molecular complexity index is 1830. The predicted octanol–water partition coefficient (Wildman–Crippen LogP) is 9.97. The van der Waals surface area contributed by atoms with E-state index in [1.54, 1.807) is 11.2 Å². The van der Waals surface area contributed by atoms with Gasteiger partial charge in [0.1, 0.15) is 0 Å². The van der Waals surface area contributed by atoms with E-state index in [1.807, 2.05) is 78.9 Å². The number of halogens is 2. The van der Waals surface area contributed by atoms with Crippen molar-refractivity contribution in [2.45, 2.75) is 25.3 Å². The first-order valence-electron chi connectivity index (χ1n) is 14.3. The van der Waals surface area contributed by atoms with Crippen molar-refractivity contribution in [1.82, 2.24) is 9.99 Å². The van der Waals surface area contributed by atoms with Gasteiger partial charge in [-0.2, -0.15) is 5.10 Å². The van der Waals surface area contributed by atoms with Crippen LogP contribution in [0.15, 0.2) is 133 Å². The Balaban J connectivity index is 1.21. The zero-order valence-corrected chi connectivity index (χ0v) is 26.3. The van der Waals surface area contributed by atoms with Crippen LogP contribution in [0.4, 0.5) is 0 Å². The van der Waals surface area contributed by atoms with Gasteiger partial charge in [-0.05, 0) is 90.6 Å². The van der Waals surface area contributed by atoms with Crippen LogP contribution in [0.5, 0.6) is 0 Å². The second kappa shape index (κ2) is 11.9. The number of nitrogens with zero attached hydrogens (tertiary/aromatic N) is 3. The molecule has 1 saturated carbocycles. The first-order chi connectivity index (χ1) is 21.0. The maximum absolute atomic E-state index is 14.1. The van der Waals surface area contributed by atoms with Crippen molar-refractivity contribution < 1.29 is 9.21 Å². The van der Waals surface area contributed by atoms with Crippen LogP contribution < -0.4 is 0 Å². The second-order valence-electron chi connectivity index (χ2n) is 10.8. The topological polar surface area (TPSA) is 58.7 Å². The van der Waals surface area contributed by atoms with Gasteiger partial charge < -0.3 is 4.42 Å². The molecular weight excluding hydrogens is 666 g/mol. The van der Waals surface area contributed by atoms with Gasteiger partial charge in [0.05, 0.1) is 18.0 Å². The molecule has 4 aromatic carbocycles. The summed E-state index contributed by atoms with van der Waals surface area (Å²) in [5.41, 5.74) is 6.77. The smallest absolute Gasteiger partial charge is 0.274 e. The van der Waals surface area contributed by atoms with Gasteiger partial charge in [0.2, 0.25) is 5.89 Å². The normalized spacial score (nSPS) is 18.9. The Hall–Kier alpha value is -4.07. The summed E-state index contributed by atoms with van der Waals surface area (Å²) in [4.78, 5) is 18.6. The number of carbonyl (C=O) groups is 1. The Labute approximate surface area is 267 Å². The van der Waals surface area contributed by atoms with Crippen molar-refractivity contribution in [3.63, 3.8) is 0 Å². The van der Waals surface area contributed by atoms with Gasteiger partial charge in [0.25, 0.3) is 5.91 Å². The third-order valence-electron chi connectivity index (χ3n) is 8.07. The molecule has 0 bridgehead atoms. The molecule has 1 fully saturated rings. The highest BCUT2D eigenvalue weighted by Gasteiger charge is 2.44. The summed E-state index contributed by atoms with van der Waals surface area (Å²) in [7, 11) is 0. The molecule has 0 radical (unpaired) electrons. The van der Waals surface area contributed by atoms with E-state index >= 15 is 0 Å². The molecule has 1 amide bonds. The molecular formula is C36H27Br2N3O2. The number of hydrogen-bond acceptors (Lipinski definition) is 4. The number of oxazole rings is 1. The Morgan fingerprint density at radius 3 is 2.26 bits per heavy atom. The highest BCUT2D eigenvalue weighted by Crippen LogP contribution is 2.45. The molecule has 2 atom stereocenters. The number of aromatic nitrogens is 1. The van der Waals surface area contributed by atoms with Gasteiger partial charge in [-0.1, -0.05) is 86.5 Å². The lowest BCUT2D eigenvalue weighted by molar-refractivity contribution is 0.0681. The lowest BCUT2D eigenvalue weighted by Crippen LogP contribution is -2.31. The largest absolute Gasteiger partial charge is 0.436 e. The van der Waals surface area contributed by atoms with Crippen LogP contribution >= 0.6 is 31.9 Å². The van der Waals surface area contributed by atoms with Crippen LogP contribution in [0.1, 0.15) is 46.8 Å². The molecule has 2 aliphatic rings. The summed E-state index contributed by atoms with van der Waals surface area (Å²) in [6.07, 6.45) is 6.92. The summed E-state index contributed by atoms with van der Waals surface area (Å²) < 4.78 is 8.08. The summed E-state index contributed by atoms with van der Waals surface area (Å²) in [6, 6.07) is 33.7. The zero-order valence-electron chi connectivity index (χ0n) is 23.2. The number of benzene rings is 4. The molecule has 0 saturated heterocycles. The average molecular weight is 693 g/mol. The average Bonchev–Trinajstić information content (AvgIpc) is 3.69. The second-order valence-corrected chi connectivity index (χ2v) is 12.7. The minimum Gasteiger partial charge on any atom is -0.436 e. The monoisotopic (exact) mass is 691 g/mol. The maximum Gasteiger partial charge on any atom is 0.274 e. The van der Waals surface area contributed by atoms with E-state index < -0.39 is 0 Å². The molecule has 5 nitrogen and oxygen atoms in total. The van der Waals surface area contributed by atoms with Gasteiger partial charge in [0, 0.05) is 31.6 Å². The van der Waals surface area contributed by atoms with Gasteiger partial charge in [-0.15, -0.1) is 0 Å². The van der Waals surface area contributed by atoms with Crippen molar-refractivity contribution >= 4 is 49.6 Å². The first-order valence-corrected chi connectivity index (χ1v) is 15.9. The fourth-order valence-electron chi connectivity index (χ4n) is 5.95. The molecule has 43 heavy (non-hydrogen) atoms. The lowest BCUT2D eigenvalue weighted by atomic mass is 9.77. The Morgan fingerprint density at radius 1 is 0.837 bits per heavy atom. The van der Waals surface area contributed by atoms with Crippen molar-refractivity contribution in [3.05, 3.63) is 141 Å². The standard InChI is InChI=1S/C36H27Br2N3O2/c37-29-17-9-23(10-18-29)21-28-7-4-8-31-33(28)40-41(34(31)25-15-19-30(38)20-16-25)36(42)27-13-11-26(12-14-27)35-39-22-32(43-35)24-5-2-1-3-6-24/h1-3,5-6,9-22,31,34H,4,7-8H2/b28-21-/t31-,34+/m1/s1. The highest BCUT2D eigenvalue weighted by molar-refractivity contribution is 9.10. The number of fused-ring (bicyclic) bond motifs is 1. The molecule has 1 aliphatic heterocycles. The van der Waals surface area contributed by atoms with Crippen LogP contribution in [-0.2, 0) is 0 Å². The number of rotatable bonds is 5. The number of allylic oxidation sites excluding steroid dienone is 1. The minimum atomic E-state index is -0.177. The molecule has 5 aromatic rings. The van der Waals surface area contributed by atoms with E-state index in [2.05, 4.69) is 67.2 Å². The third kappa shape index (κ3) is 5.67. The number of carbonyl (C=O) groups excluding carboxylic acids is 1. The first kappa shape index (κ1) is 27.7. The van der Waals surface area contributed by atoms with E-state index in [-0.39, 0.29) is 17.9 Å². The van der Waals surface area contributed by atoms with Crippen LogP contribution in [0.2, 0.25) is 0 Å². The highest BCUT2D eigenvalue weighted by atomic mass is 79.9. The molecule has 7 heteroatoms.